The molecule has 0 N–H and O–H groups in total. The third kappa shape index (κ3) is 4.37. The van der Waals surface area contributed by atoms with Gasteiger partial charge in [0.15, 0.2) is 5.82 Å². The molecule has 2 saturated heterocycles. The lowest BCUT2D eigenvalue weighted by Crippen LogP contribution is -2.59. The van der Waals surface area contributed by atoms with E-state index in [1.54, 1.807) is 18.3 Å². The fourth-order valence-electron chi connectivity index (χ4n) is 4.58. The van der Waals surface area contributed by atoms with Crippen LogP contribution in [0.4, 0.5) is 5.69 Å². The van der Waals surface area contributed by atoms with Crippen molar-refractivity contribution in [2.24, 2.45) is 0 Å². The van der Waals surface area contributed by atoms with E-state index < -0.39 is 0 Å². The Morgan fingerprint density at radius 3 is 2.88 bits per heavy atom. The SMILES string of the molecule is [C-]#[N+]c1c(Cl)ccc([C@H]2CN3CCN(C(=O)Cc4ccc(-n5cnnn5)nc4)C[C@H]3CO2)c1C. The predicted octanol–water partition coefficient (Wildman–Crippen LogP) is 2.40. The van der Waals surface area contributed by atoms with Crippen LogP contribution in [0.15, 0.2) is 36.8 Å². The highest BCUT2D eigenvalue weighted by Crippen LogP contribution is 2.36. The fraction of sp³-hybridized carbons (Fsp3) is 0.391. The molecule has 0 spiro atoms. The number of benzene rings is 1. The van der Waals surface area contributed by atoms with Crippen LogP contribution < -0.4 is 0 Å². The second-order valence-electron chi connectivity index (χ2n) is 8.49. The number of tetrazole rings is 1. The van der Waals surface area contributed by atoms with Gasteiger partial charge in [-0.3, -0.25) is 9.69 Å². The minimum atomic E-state index is -0.110. The first-order valence-corrected chi connectivity index (χ1v) is 11.4. The summed E-state index contributed by atoms with van der Waals surface area (Å²) in [5.41, 5.74) is 3.21. The number of fused-ring (bicyclic) bond motifs is 1. The zero-order valence-corrected chi connectivity index (χ0v) is 19.4. The summed E-state index contributed by atoms with van der Waals surface area (Å²) in [6.45, 7) is 12.7. The molecule has 0 saturated carbocycles. The van der Waals surface area contributed by atoms with E-state index in [1.165, 1.54) is 11.0 Å². The number of morpholine rings is 1. The molecule has 3 aromatic rings. The van der Waals surface area contributed by atoms with Crippen molar-refractivity contribution in [1.82, 2.24) is 35.0 Å². The largest absolute Gasteiger partial charge is 0.371 e. The highest BCUT2D eigenvalue weighted by atomic mass is 35.5. The van der Waals surface area contributed by atoms with E-state index in [1.807, 2.05) is 24.0 Å². The maximum Gasteiger partial charge on any atom is 0.227 e. The number of pyridine rings is 1. The number of carbonyl (C=O) groups excluding carboxylic acids is 1. The summed E-state index contributed by atoms with van der Waals surface area (Å²) >= 11 is 6.17. The lowest BCUT2D eigenvalue weighted by atomic mass is 9.98. The molecule has 11 heteroatoms. The molecule has 2 aliphatic rings. The van der Waals surface area contributed by atoms with Crippen LogP contribution in [-0.4, -0.2) is 79.7 Å². The van der Waals surface area contributed by atoms with E-state index >= 15 is 0 Å². The number of piperazine rings is 1. The molecule has 34 heavy (non-hydrogen) atoms. The molecule has 1 amide bonds. The van der Waals surface area contributed by atoms with Crippen LogP contribution in [0.1, 0.15) is 22.8 Å². The van der Waals surface area contributed by atoms with Crippen LogP contribution >= 0.6 is 11.6 Å². The smallest absolute Gasteiger partial charge is 0.227 e. The Kier molecular flexibility index (Phi) is 6.24. The minimum absolute atomic E-state index is 0.0778. The molecule has 10 nitrogen and oxygen atoms in total. The molecule has 4 heterocycles. The number of rotatable bonds is 4. The van der Waals surface area contributed by atoms with Crippen molar-refractivity contribution in [3.05, 3.63) is 69.9 Å². The first-order valence-electron chi connectivity index (χ1n) is 11.0. The number of halogens is 1. The Hall–Kier alpha value is -3.39. The number of hydrogen-bond acceptors (Lipinski definition) is 7. The van der Waals surface area contributed by atoms with Crippen LogP contribution in [0.2, 0.25) is 5.02 Å². The molecule has 0 aliphatic carbocycles. The molecule has 2 aromatic heterocycles. The van der Waals surface area contributed by atoms with Gasteiger partial charge < -0.3 is 9.64 Å². The normalized spacial score (nSPS) is 20.6. The molecule has 2 aliphatic heterocycles. The molecule has 174 valence electrons. The topological polar surface area (TPSA) is 93.6 Å². The first-order chi connectivity index (χ1) is 16.5. The van der Waals surface area contributed by atoms with Gasteiger partial charge in [0.2, 0.25) is 11.6 Å². The van der Waals surface area contributed by atoms with Gasteiger partial charge in [-0.1, -0.05) is 29.8 Å². The molecule has 2 atom stereocenters. The maximum atomic E-state index is 12.9. The van der Waals surface area contributed by atoms with Gasteiger partial charge in [-0.05, 0) is 40.1 Å². The van der Waals surface area contributed by atoms with E-state index in [0.29, 0.717) is 42.6 Å². The predicted molar refractivity (Wildman–Crippen MR) is 124 cm³/mol. The lowest BCUT2D eigenvalue weighted by Gasteiger charge is -2.46. The van der Waals surface area contributed by atoms with Crippen molar-refractivity contribution in [3.8, 4) is 5.82 Å². The zero-order chi connectivity index (χ0) is 23.7. The Morgan fingerprint density at radius 1 is 1.26 bits per heavy atom. The van der Waals surface area contributed by atoms with E-state index in [2.05, 4.69) is 30.3 Å². The third-order valence-electron chi connectivity index (χ3n) is 6.48. The van der Waals surface area contributed by atoms with Gasteiger partial charge in [0.05, 0.1) is 31.7 Å². The molecule has 0 unspecified atom stereocenters. The second-order valence-corrected chi connectivity index (χ2v) is 8.90. The second kappa shape index (κ2) is 9.46. The lowest BCUT2D eigenvalue weighted by molar-refractivity contribution is -0.139. The fourth-order valence-corrected chi connectivity index (χ4v) is 4.82. The molecular weight excluding hydrogens is 456 g/mol. The van der Waals surface area contributed by atoms with Gasteiger partial charge in [0.25, 0.3) is 0 Å². The Morgan fingerprint density at radius 2 is 2.15 bits per heavy atom. The Balaban J connectivity index is 1.19. The Bertz CT molecular complexity index is 1230. The zero-order valence-electron chi connectivity index (χ0n) is 18.6. The highest BCUT2D eigenvalue weighted by Gasteiger charge is 2.36. The average molecular weight is 479 g/mol. The van der Waals surface area contributed by atoms with Gasteiger partial charge in [-0.2, -0.15) is 4.68 Å². The summed E-state index contributed by atoms with van der Waals surface area (Å²) in [5.74, 6) is 0.678. The van der Waals surface area contributed by atoms with Crippen molar-refractivity contribution < 1.29 is 9.53 Å². The molecule has 5 rings (SSSR count). The molecule has 0 bridgehead atoms. The first kappa shape index (κ1) is 22.4. The van der Waals surface area contributed by atoms with Crippen LogP contribution in [-0.2, 0) is 16.0 Å². The van der Waals surface area contributed by atoms with Crippen molar-refractivity contribution in [1.29, 1.82) is 0 Å². The standard InChI is InChI=1S/C23H23ClN8O2/c1-15-18(4-5-19(24)23(15)25-2)20-12-30-7-8-31(11-17(30)13-34-20)22(33)9-16-3-6-21(26-10-16)32-14-27-28-29-32/h3-6,10,14,17,20H,7-9,11-13H2,1H3/t17-,20+/m0/s1. The summed E-state index contributed by atoms with van der Waals surface area (Å²) in [7, 11) is 0. The summed E-state index contributed by atoms with van der Waals surface area (Å²) < 4.78 is 7.66. The van der Waals surface area contributed by atoms with E-state index in [0.717, 1.165) is 29.8 Å². The van der Waals surface area contributed by atoms with Gasteiger partial charge in [-0.15, -0.1) is 5.10 Å². The van der Waals surface area contributed by atoms with Crippen LogP contribution in [0, 0.1) is 13.5 Å². The summed E-state index contributed by atoms with van der Waals surface area (Å²) in [5, 5.41) is 11.5. The quantitative estimate of drug-likeness (QED) is 0.531. The van der Waals surface area contributed by atoms with E-state index in [-0.39, 0.29) is 18.1 Å². The average Bonchev–Trinajstić information content (AvgIpc) is 3.39. The number of ether oxygens (including phenoxy) is 1. The van der Waals surface area contributed by atoms with Gasteiger partial charge in [0.1, 0.15) is 6.33 Å². The summed E-state index contributed by atoms with van der Waals surface area (Å²) in [4.78, 5) is 25.2. The Labute approximate surface area is 201 Å². The van der Waals surface area contributed by atoms with Crippen LogP contribution in [0.25, 0.3) is 10.7 Å². The van der Waals surface area contributed by atoms with Crippen molar-refractivity contribution in [3.63, 3.8) is 0 Å². The number of nitrogens with zero attached hydrogens (tertiary/aromatic N) is 8. The van der Waals surface area contributed by atoms with Crippen molar-refractivity contribution >= 4 is 23.2 Å². The van der Waals surface area contributed by atoms with Gasteiger partial charge in [0, 0.05) is 37.4 Å². The molecular formula is C23H23ClN8O2. The number of carbonyl (C=O) groups is 1. The summed E-state index contributed by atoms with van der Waals surface area (Å²) in [6, 6.07) is 7.55. The van der Waals surface area contributed by atoms with Crippen LogP contribution in [0.5, 0.6) is 0 Å². The molecule has 2 fully saturated rings. The van der Waals surface area contributed by atoms with Crippen molar-refractivity contribution in [2.45, 2.75) is 25.5 Å². The van der Waals surface area contributed by atoms with E-state index in [4.69, 9.17) is 22.9 Å². The highest BCUT2D eigenvalue weighted by molar-refractivity contribution is 6.33. The van der Waals surface area contributed by atoms with Crippen molar-refractivity contribution in [2.75, 3.05) is 32.8 Å². The number of hydrogen-bond donors (Lipinski definition) is 0. The van der Waals surface area contributed by atoms with Crippen LogP contribution in [0.3, 0.4) is 0 Å². The minimum Gasteiger partial charge on any atom is -0.371 e. The third-order valence-corrected chi connectivity index (χ3v) is 6.78. The van der Waals surface area contributed by atoms with Gasteiger partial charge >= 0.3 is 0 Å². The maximum absolute atomic E-state index is 12.9. The number of amides is 1. The molecule has 0 radical (unpaired) electrons. The van der Waals surface area contributed by atoms with Gasteiger partial charge in [-0.25, -0.2) is 9.83 Å². The molecule has 1 aromatic carbocycles. The van der Waals surface area contributed by atoms with E-state index in [9.17, 15) is 4.79 Å². The number of aromatic nitrogens is 5. The monoisotopic (exact) mass is 478 g/mol. The summed E-state index contributed by atoms with van der Waals surface area (Å²) in [6.07, 6.45) is 3.34.